The Morgan fingerprint density at radius 1 is 1.21 bits per heavy atom. The predicted octanol–water partition coefficient (Wildman–Crippen LogP) is 1.54. The van der Waals surface area contributed by atoms with Crippen LogP contribution in [0, 0.1) is 0 Å². The van der Waals surface area contributed by atoms with Crippen molar-refractivity contribution in [3.8, 4) is 0 Å². The third-order valence-electron chi connectivity index (χ3n) is 3.00. The normalized spacial score (nSPS) is 19.1. The van der Waals surface area contributed by atoms with Crippen LogP contribution in [0.5, 0.6) is 0 Å². The van der Waals surface area contributed by atoms with Gasteiger partial charge >= 0.3 is 0 Å². The topological polar surface area (TPSA) is 21.1 Å². The molecule has 0 amide bonds. The molecule has 0 aromatic carbocycles. The van der Waals surface area contributed by atoms with E-state index >= 15 is 0 Å². The third-order valence-corrected chi connectivity index (χ3v) is 3.00. The molecule has 1 aliphatic rings. The number of rotatable bonds is 0. The Bertz CT molecular complexity index is 286. The van der Waals surface area contributed by atoms with Gasteiger partial charge in [-0.05, 0) is 20.8 Å². The number of hydrogen-bond acceptors (Lipinski definition) is 2. The SMILES string of the molecule is CC(C)(C)N1CCc2cncn2CC1. The maximum absolute atomic E-state index is 4.18. The lowest BCUT2D eigenvalue weighted by atomic mass is 10.1. The molecule has 0 atom stereocenters. The maximum atomic E-state index is 4.18. The highest BCUT2D eigenvalue weighted by molar-refractivity contribution is 5.01. The molecule has 1 aliphatic heterocycles. The summed E-state index contributed by atoms with van der Waals surface area (Å²) in [5.41, 5.74) is 1.66. The second-order valence-electron chi connectivity index (χ2n) is 4.99. The van der Waals surface area contributed by atoms with Crippen LogP contribution in [-0.2, 0) is 13.0 Å². The zero-order chi connectivity index (χ0) is 10.2. The maximum Gasteiger partial charge on any atom is 0.0948 e. The summed E-state index contributed by atoms with van der Waals surface area (Å²) in [4.78, 5) is 6.72. The van der Waals surface area contributed by atoms with Crippen LogP contribution in [0.4, 0.5) is 0 Å². The molecule has 1 aromatic heterocycles. The van der Waals surface area contributed by atoms with E-state index in [-0.39, 0.29) is 5.54 Å². The van der Waals surface area contributed by atoms with Crippen LogP contribution in [0.15, 0.2) is 12.5 Å². The van der Waals surface area contributed by atoms with Gasteiger partial charge in [-0.15, -0.1) is 0 Å². The number of aromatic nitrogens is 2. The van der Waals surface area contributed by atoms with Crippen LogP contribution in [0.1, 0.15) is 26.5 Å². The lowest BCUT2D eigenvalue weighted by Crippen LogP contribution is -2.43. The molecule has 0 fully saturated rings. The summed E-state index contributed by atoms with van der Waals surface area (Å²) in [5, 5.41) is 0. The van der Waals surface area contributed by atoms with Gasteiger partial charge in [-0.1, -0.05) is 0 Å². The van der Waals surface area contributed by atoms with Gasteiger partial charge in [0.25, 0.3) is 0 Å². The number of hydrogen-bond donors (Lipinski definition) is 0. The Labute approximate surface area is 85.7 Å². The first kappa shape index (κ1) is 9.71. The molecule has 0 N–H and O–H groups in total. The van der Waals surface area contributed by atoms with Gasteiger partial charge in [0.15, 0.2) is 0 Å². The van der Waals surface area contributed by atoms with Crippen LogP contribution in [0.25, 0.3) is 0 Å². The zero-order valence-corrected chi connectivity index (χ0v) is 9.32. The Hall–Kier alpha value is -0.830. The Kier molecular flexibility index (Phi) is 2.35. The number of imidazole rings is 1. The monoisotopic (exact) mass is 193 g/mol. The van der Waals surface area contributed by atoms with Crippen molar-refractivity contribution < 1.29 is 0 Å². The van der Waals surface area contributed by atoms with Gasteiger partial charge in [-0.2, -0.15) is 0 Å². The summed E-state index contributed by atoms with van der Waals surface area (Å²) < 4.78 is 2.27. The smallest absolute Gasteiger partial charge is 0.0948 e. The molecule has 1 aromatic rings. The van der Waals surface area contributed by atoms with E-state index in [1.165, 1.54) is 5.69 Å². The van der Waals surface area contributed by atoms with Gasteiger partial charge in [0.1, 0.15) is 0 Å². The fourth-order valence-corrected chi connectivity index (χ4v) is 2.02. The minimum Gasteiger partial charge on any atom is -0.333 e. The van der Waals surface area contributed by atoms with E-state index in [4.69, 9.17) is 0 Å². The lowest BCUT2D eigenvalue weighted by Gasteiger charge is -2.34. The van der Waals surface area contributed by atoms with Crippen LogP contribution < -0.4 is 0 Å². The average molecular weight is 193 g/mol. The fourth-order valence-electron chi connectivity index (χ4n) is 2.02. The first-order valence-electron chi connectivity index (χ1n) is 5.31. The van der Waals surface area contributed by atoms with Crippen LogP contribution in [0.3, 0.4) is 0 Å². The summed E-state index contributed by atoms with van der Waals surface area (Å²) in [6, 6.07) is 0. The van der Waals surface area contributed by atoms with Crippen LogP contribution >= 0.6 is 0 Å². The second-order valence-corrected chi connectivity index (χ2v) is 4.99. The van der Waals surface area contributed by atoms with Gasteiger partial charge in [-0.25, -0.2) is 4.98 Å². The van der Waals surface area contributed by atoms with Crippen molar-refractivity contribution in [3.05, 3.63) is 18.2 Å². The Balaban J connectivity index is 2.10. The van der Waals surface area contributed by atoms with Crippen molar-refractivity contribution in [1.29, 1.82) is 0 Å². The fraction of sp³-hybridized carbons (Fsp3) is 0.727. The minimum atomic E-state index is 0.289. The van der Waals surface area contributed by atoms with Gasteiger partial charge in [-0.3, -0.25) is 4.90 Å². The highest BCUT2D eigenvalue weighted by atomic mass is 15.2. The standard InChI is InChI=1S/C11H19N3/c1-11(2,3)14-5-4-10-8-12-9-13(10)6-7-14/h8-9H,4-7H2,1-3H3. The first-order chi connectivity index (χ1) is 6.57. The van der Waals surface area contributed by atoms with E-state index in [1.54, 1.807) is 0 Å². The van der Waals surface area contributed by atoms with Crippen LogP contribution in [-0.4, -0.2) is 33.1 Å². The van der Waals surface area contributed by atoms with Crippen molar-refractivity contribution in [2.75, 3.05) is 13.1 Å². The third kappa shape index (κ3) is 1.82. The van der Waals surface area contributed by atoms with Crippen LogP contribution in [0.2, 0.25) is 0 Å². The molecular formula is C11H19N3. The van der Waals surface area contributed by atoms with E-state index in [0.29, 0.717) is 0 Å². The van der Waals surface area contributed by atoms with Gasteiger partial charge in [0.2, 0.25) is 0 Å². The molecule has 2 heterocycles. The molecule has 0 unspecified atom stereocenters. The van der Waals surface area contributed by atoms with E-state index in [9.17, 15) is 0 Å². The molecule has 0 spiro atoms. The van der Waals surface area contributed by atoms with E-state index in [0.717, 1.165) is 26.1 Å². The van der Waals surface area contributed by atoms with Gasteiger partial charge < -0.3 is 4.57 Å². The summed E-state index contributed by atoms with van der Waals surface area (Å²) in [6.07, 6.45) is 5.06. The molecule has 0 saturated carbocycles. The molecule has 0 aliphatic carbocycles. The predicted molar refractivity (Wildman–Crippen MR) is 57.3 cm³/mol. The Morgan fingerprint density at radius 3 is 2.71 bits per heavy atom. The van der Waals surface area contributed by atoms with Crippen molar-refractivity contribution in [3.63, 3.8) is 0 Å². The summed E-state index contributed by atoms with van der Waals surface area (Å²) >= 11 is 0. The molecule has 0 bridgehead atoms. The quantitative estimate of drug-likeness (QED) is 0.623. The van der Waals surface area contributed by atoms with Crippen molar-refractivity contribution >= 4 is 0 Å². The van der Waals surface area contributed by atoms with E-state index in [2.05, 4.69) is 35.2 Å². The molecular weight excluding hydrogens is 174 g/mol. The van der Waals surface area contributed by atoms with Gasteiger partial charge in [0, 0.05) is 43.5 Å². The van der Waals surface area contributed by atoms with E-state index < -0.39 is 0 Å². The molecule has 14 heavy (non-hydrogen) atoms. The molecule has 2 rings (SSSR count). The first-order valence-corrected chi connectivity index (χ1v) is 5.31. The minimum absolute atomic E-state index is 0.289. The molecule has 3 heteroatoms. The van der Waals surface area contributed by atoms with Crippen molar-refractivity contribution in [2.24, 2.45) is 0 Å². The molecule has 0 saturated heterocycles. The highest BCUT2D eigenvalue weighted by Gasteiger charge is 2.23. The molecule has 3 nitrogen and oxygen atoms in total. The average Bonchev–Trinajstić information content (AvgIpc) is 2.42. The summed E-state index contributed by atoms with van der Waals surface area (Å²) in [7, 11) is 0. The largest absolute Gasteiger partial charge is 0.333 e. The summed E-state index contributed by atoms with van der Waals surface area (Å²) in [5.74, 6) is 0. The van der Waals surface area contributed by atoms with Crippen molar-refractivity contribution in [1.82, 2.24) is 14.5 Å². The second kappa shape index (κ2) is 3.39. The molecule has 78 valence electrons. The summed E-state index contributed by atoms with van der Waals surface area (Å²) in [6.45, 7) is 10.2. The highest BCUT2D eigenvalue weighted by Crippen LogP contribution is 2.17. The molecule has 0 radical (unpaired) electrons. The number of fused-ring (bicyclic) bond motifs is 1. The lowest BCUT2D eigenvalue weighted by molar-refractivity contribution is 0.140. The Morgan fingerprint density at radius 2 is 2.00 bits per heavy atom. The van der Waals surface area contributed by atoms with Crippen molar-refractivity contribution in [2.45, 2.75) is 39.3 Å². The zero-order valence-electron chi connectivity index (χ0n) is 9.32. The van der Waals surface area contributed by atoms with Gasteiger partial charge in [0.05, 0.1) is 6.33 Å². The number of nitrogens with zero attached hydrogens (tertiary/aromatic N) is 3. The van der Waals surface area contributed by atoms with E-state index in [1.807, 2.05) is 12.5 Å².